The van der Waals surface area contributed by atoms with Gasteiger partial charge in [0.1, 0.15) is 5.82 Å². The van der Waals surface area contributed by atoms with Crippen molar-refractivity contribution >= 4 is 0 Å². The van der Waals surface area contributed by atoms with E-state index in [9.17, 15) is 0 Å². The molecule has 0 radical (unpaired) electrons. The van der Waals surface area contributed by atoms with Crippen LogP contribution in [0.25, 0.3) is 11.3 Å². The molecule has 2 aliphatic rings. The van der Waals surface area contributed by atoms with Crippen LogP contribution in [-0.2, 0) is 6.54 Å². The van der Waals surface area contributed by atoms with Crippen molar-refractivity contribution in [3.05, 3.63) is 29.7 Å². The molecular formula is C16H19N3O2. The van der Waals surface area contributed by atoms with Crippen LogP contribution in [0.2, 0.25) is 0 Å². The molecule has 0 bridgehead atoms. The number of rotatable bonds is 1. The third-order valence-corrected chi connectivity index (χ3v) is 4.41. The predicted octanol–water partition coefficient (Wildman–Crippen LogP) is 2.42. The van der Waals surface area contributed by atoms with Gasteiger partial charge in [-0.3, -0.25) is 0 Å². The number of hydrogen-bond donors (Lipinski definition) is 1. The SMILES string of the molecule is Cc1c(-c2ccc3c(c2)OCO3)nc2n1CC(N)CC2C. The summed E-state index contributed by atoms with van der Waals surface area (Å²) in [7, 11) is 0. The van der Waals surface area contributed by atoms with Crippen molar-refractivity contribution in [3.63, 3.8) is 0 Å². The number of benzene rings is 1. The van der Waals surface area contributed by atoms with E-state index in [2.05, 4.69) is 18.4 Å². The molecular weight excluding hydrogens is 266 g/mol. The number of nitrogens with two attached hydrogens (primary N) is 1. The zero-order valence-corrected chi connectivity index (χ0v) is 12.3. The van der Waals surface area contributed by atoms with Crippen molar-refractivity contribution < 1.29 is 9.47 Å². The summed E-state index contributed by atoms with van der Waals surface area (Å²) in [6.07, 6.45) is 0.997. The van der Waals surface area contributed by atoms with Crippen LogP contribution in [0.15, 0.2) is 18.2 Å². The highest BCUT2D eigenvalue weighted by atomic mass is 16.7. The molecule has 1 aromatic carbocycles. The molecule has 110 valence electrons. The van der Waals surface area contributed by atoms with E-state index in [4.69, 9.17) is 20.2 Å². The molecule has 5 heteroatoms. The van der Waals surface area contributed by atoms with E-state index in [0.29, 0.717) is 12.7 Å². The highest BCUT2D eigenvalue weighted by molar-refractivity contribution is 5.67. The van der Waals surface area contributed by atoms with Gasteiger partial charge in [-0.2, -0.15) is 0 Å². The summed E-state index contributed by atoms with van der Waals surface area (Å²) in [4.78, 5) is 4.87. The monoisotopic (exact) mass is 285 g/mol. The Morgan fingerprint density at radius 3 is 2.95 bits per heavy atom. The molecule has 0 saturated carbocycles. The van der Waals surface area contributed by atoms with E-state index in [0.717, 1.165) is 41.5 Å². The number of nitrogens with zero attached hydrogens (tertiary/aromatic N) is 2. The van der Waals surface area contributed by atoms with Gasteiger partial charge in [-0.1, -0.05) is 6.92 Å². The lowest BCUT2D eigenvalue weighted by Gasteiger charge is -2.26. The minimum absolute atomic E-state index is 0.213. The van der Waals surface area contributed by atoms with Crippen molar-refractivity contribution in [2.45, 2.75) is 38.8 Å². The number of hydrogen-bond acceptors (Lipinski definition) is 4. The van der Waals surface area contributed by atoms with Crippen LogP contribution in [0, 0.1) is 6.92 Å². The van der Waals surface area contributed by atoms with Gasteiger partial charge in [-0.25, -0.2) is 4.98 Å². The summed E-state index contributed by atoms with van der Waals surface area (Å²) in [6, 6.07) is 6.21. The van der Waals surface area contributed by atoms with E-state index in [1.54, 1.807) is 0 Å². The average molecular weight is 285 g/mol. The van der Waals surface area contributed by atoms with Gasteiger partial charge in [0, 0.05) is 29.8 Å². The Labute approximate surface area is 123 Å². The first-order valence-electron chi connectivity index (χ1n) is 7.36. The molecule has 0 spiro atoms. The van der Waals surface area contributed by atoms with Crippen molar-refractivity contribution in [2.75, 3.05) is 6.79 Å². The van der Waals surface area contributed by atoms with Gasteiger partial charge < -0.3 is 19.8 Å². The second-order valence-electron chi connectivity index (χ2n) is 5.98. The predicted molar refractivity (Wildman–Crippen MR) is 79.5 cm³/mol. The Hall–Kier alpha value is -2.01. The molecule has 0 saturated heterocycles. The van der Waals surface area contributed by atoms with Gasteiger partial charge in [0.05, 0.1) is 5.69 Å². The van der Waals surface area contributed by atoms with Crippen LogP contribution in [0.4, 0.5) is 0 Å². The van der Waals surface area contributed by atoms with Gasteiger partial charge in [0.15, 0.2) is 11.5 Å². The minimum Gasteiger partial charge on any atom is -0.454 e. The smallest absolute Gasteiger partial charge is 0.231 e. The fraction of sp³-hybridized carbons (Fsp3) is 0.438. The highest BCUT2D eigenvalue weighted by Crippen LogP contribution is 2.38. The van der Waals surface area contributed by atoms with Crippen molar-refractivity contribution in [2.24, 2.45) is 5.73 Å². The maximum absolute atomic E-state index is 6.15. The molecule has 1 aromatic heterocycles. The first-order chi connectivity index (χ1) is 10.1. The Balaban J connectivity index is 1.81. The normalized spacial score (nSPS) is 23.2. The molecule has 2 unspecified atom stereocenters. The number of imidazole rings is 1. The second-order valence-corrected chi connectivity index (χ2v) is 5.98. The van der Waals surface area contributed by atoms with Gasteiger partial charge in [-0.15, -0.1) is 0 Å². The van der Waals surface area contributed by atoms with Crippen LogP contribution >= 0.6 is 0 Å². The fourth-order valence-electron chi connectivity index (χ4n) is 3.35. The molecule has 2 atom stereocenters. The second kappa shape index (κ2) is 4.49. The van der Waals surface area contributed by atoms with Gasteiger partial charge in [0.2, 0.25) is 6.79 Å². The largest absolute Gasteiger partial charge is 0.454 e. The molecule has 3 heterocycles. The summed E-state index contributed by atoms with van der Waals surface area (Å²) >= 11 is 0. The topological polar surface area (TPSA) is 62.3 Å². The van der Waals surface area contributed by atoms with Gasteiger partial charge >= 0.3 is 0 Å². The molecule has 0 aliphatic carbocycles. The quantitative estimate of drug-likeness (QED) is 0.874. The Kier molecular flexibility index (Phi) is 2.72. The standard InChI is InChI=1S/C16H19N3O2/c1-9-5-12(17)7-19-10(2)15(18-16(9)19)11-3-4-13-14(6-11)21-8-20-13/h3-4,6,9,12H,5,7-8,17H2,1-2H3. The lowest BCUT2D eigenvalue weighted by Crippen LogP contribution is -2.34. The molecule has 0 amide bonds. The van der Waals surface area contributed by atoms with Crippen molar-refractivity contribution in [3.8, 4) is 22.8 Å². The summed E-state index contributed by atoms with van der Waals surface area (Å²) in [5.74, 6) is 3.13. The molecule has 2 aromatic rings. The number of fused-ring (bicyclic) bond motifs is 2. The van der Waals surface area contributed by atoms with Crippen LogP contribution in [0.5, 0.6) is 11.5 Å². The Bertz CT molecular complexity index is 708. The van der Waals surface area contributed by atoms with Crippen molar-refractivity contribution in [1.29, 1.82) is 0 Å². The molecule has 5 nitrogen and oxygen atoms in total. The van der Waals surface area contributed by atoms with Crippen LogP contribution in [0.1, 0.15) is 30.8 Å². The lowest BCUT2D eigenvalue weighted by atomic mass is 9.98. The fourth-order valence-corrected chi connectivity index (χ4v) is 3.35. The minimum atomic E-state index is 0.213. The lowest BCUT2D eigenvalue weighted by molar-refractivity contribution is 0.174. The Morgan fingerprint density at radius 1 is 1.29 bits per heavy atom. The van der Waals surface area contributed by atoms with Crippen molar-refractivity contribution in [1.82, 2.24) is 9.55 Å². The summed E-state index contributed by atoms with van der Waals surface area (Å²) in [5, 5.41) is 0. The Morgan fingerprint density at radius 2 is 2.10 bits per heavy atom. The molecule has 4 rings (SSSR count). The molecule has 0 fully saturated rings. The van der Waals surface area contributed by atoms with E-state index in [1.165, 1.54) is 5.69 Å². The van der Waals surface area contributed by atoms with E-state index >= 15 is 0 Å². The maximum atomic E-state index is 6.15. The maximum Gasteiger partial charge on any atom is 0.231 e. The van der Waals surface area contributed by atoms with Crippen LogP contribution < -0.4 is 15.2 Å². The molecule has 2 N–H and O–H groups in total. The molecule has 21 heavy (non-hydrogen) atoms. The number of aromatic nitrogens is 2. The zero-order chi connectivity index (χ0) is 14.6. The van der Waals surface area contributed by atoms with E-state index in [1.807, 2.05) is 18.2 Å². The third-order valence-electron chi connectivity index (χ3n) is 4.41. The zero-order valence-electron chi connectivity index (χ0n) is 12.3. The first kappa shape index (κ1) is 12.7. The average Bonchev–Trinajstić information content (AvgIpc) is 3.04. The van der Waals surface area contributed by atoms with E-state index in [-0.39, 0.29) is 6.04 Å². The summed E-state index contributed by atoms with van der Waals surface area (Å²) in [6.45, 7) is 5.45. The molecule has 2 aliphatic heterocycles. The van der Waals surface area contributed by atoms with Gasteiger partial charge in [0.25, 0.3) is 0 Å². The number of ether oxygens (including phenoxy) is 2. The highest BCUT2D eigenvalue weighted by Gasteiger charge is 2.27. The summed E-state index contributed by atoms with van der Waals surface area (Å²) < 4.78 is 13.1. The van der Waals surface area contributed by atoms with Gasteiger partial charge in [-0.05, 0) is 31.5 Å². The third kappa shape index (κ3) is 1.92. The summed E-state index contributed by atoms with van der Waals surface area (Å²) in [5.41, 5.74) is 9.40. The van der Waals surface area contributed by atoms with E-state index < -0.39 is 0 Å². The van der Waals surface area contributed by atoms with Crippen LogP contribution in [-0.4, -0.2) is 22.4 Å². The first-order valence-corrected chi connectivity index (χ1v) is 7.36. The van der Waals surface area contributed by atoms with Crippen LogP contribution in [0.3, 0.4) is 0 Å².